The van der Waals surface area contributed by atoms with Crippen LogP contribution < -0.4 is 10.6 Å². The maximum Gasteiger partial charge on any atom is 0.202 e. The first kappa shape index (κ1) is 23.0. The van der Waals surface area contributed by atoms with Gasteiger partial charge in [0, 0.05) is 48.6 Å². The van der Waals surface area contributed by atoms with Gasteiger partial charge < -0.3 is 15.5 Å². The second-order valence-electron chi connectivity index (χ2n) is 10.5. The van der Waals surface area contributed by atoms with Crippen molar-refractivity contribution in [1.82, 2.24) is 15.2 Å². The van der Waals surface area contributed by atoms with E-state index in [0.29, 0.717) is 29.8 Å². The molecule has 3 aliphatic heterocycles. The molecule has 2 N–H and O–H groups in total. The molecule has 0 amide bonds. The number of guanidine groups is 1. The van der Waals surface area contributed by atoms with Crippen LogP contribution >= 0.6 is 11.6 Å². The molecule has 1 aliphatic carbocycles. The quantitative estimate of drug-likeness (QED) is 0.662. The van der Waals surface area contributed by atoms with E-state index in [4.69, 9.17) is 21.6 Å². The van der Waals surface area contributed by atoms with Crippen molar-refractivity contribution in [2.75, 3.05) is 25.5 Å². The number of likely N-dealkylation sites (tertiary alicyclic amines) is 1. The molecule has 2 atom stereocenters. The molecule has 1 saturated heterocycles. The monoisotopic (exact) mass is 478 g/mol. The molecule has 1 spiro atoms. The van der Waals surface area contributed by atoms with Crippen LogP contribution in [0.5, 0.6) is 0 Å². The van der Waals surface area contributed by atoms with Crippen LogP contribution in [0.4, 0.5) is 5.69 Å². The molecule has 0 bridgehead atoms. The highest BCUT2D eigenvalue weighted by molar-refractivity contribution is 6.32. The lowest BCUT2D eigenvalue weighted by Gasteiger charge is -2.43. The van der Waals surface area contributed by atoms with E-state index in [2.05, 4.69) is 47.5 Å². The number of Topliss-reactive ketones (excluding diaryl/α,β-unsaturated/α-hetero) is 1. The van der Waals surface area contributed by atoms with Crippen molar-refractivity contribution in [2.45, 2.75) is 51.6 Å². The number of carbonyl (C=O) groups is 1. The molecular formula is C26H31ClN6O. The van der Waals surface area contributed by atoms with Crippen LogP contribution in [0.1, 0.15) is 50.3 Å². The molecule has 2 fully saturated rings. The van der Waals surface area contributed by atoms with Crippen LogP contribution in [-0.4, -0.2) is 53.6 Å². The lowest BCUT2D eigenvalue weighted by atomic mass is 9.71. The molecule has 2 unspecified atom stereocenters. The van der Waals surface area contributed by atoms with E-state index in [1.165, 1.54) is 5.56 Å². The fourth-order valence-electron chi connectivity index (χ4n) is 5.68. The number of nitrogens with zero attached hydrogens (tertiary/aromatic N) is 4. The summed E-state index contributed by atoms with van der Waals surface area (Å²) in [7, 11) is 2.19. The van der Waals surface area contributed by atoms with E-state index >= 15 is 0 Å². The van der Waals surface area contributed by atoms with Crippen LogP contribution in [0.3, 0.4) is 0 Å². The Morgan fingerprint density at radius 2 is 2.06 bits per heavy atom. The van der Waals surface area contributed by atoms with Crippen LogP contribution in [-0.2, 0) is 4.79 Å². The molecular weight excluding hydrogens is 448 g/mol. The number of carbonyl (C=O) groups excluding carboxylic acids is 1. The van der Waals surface area contributed by atoms with Gasteiger partial charge in [-0.05, 0) is 67.6 Å². The summed E-state index contributed by atoms with van der Waals surface area (Å²) < 4.78 is 0. The third kappa shape index (κ3) is 4.12. The lowest BCUT2D eigenvalue weighted by molar-refractivity contribution is -0.118. The van der Waals surface area contributed by atoms with Gasteiger partial charge in [-0.15, -0.1) is 0 Å². The zero-order valence-electron chi connectivity index (χ0n) is 20.2. The zero-order valence-corrected chi connectivity index (χ0v) is 20.9. The molecule has 4 heterocycles. The number of nitrogens with one attached hydrogen (secondary N) is 2. The summed E-state index contributed by atoms with van der Waals surface area (Å²) in [6.45, 7) is 8.80. The van der Waals surface area contributed by atoms with E-state index in [1.807, 2.05) is 19.2 Å². The number of piperidine rings is 1. The summed E-state index contributed by atoms with van der Waals surface area (Å²) in [6, 6.07) is 2.21. The number of allylic oxidation sites excluding steroid dienone is 3. The van der Waals surface area contributed by atoms with E-state index in [0.717, 1.165) is 42.0 Å². The van der Waals surface area contributed by atoms with Crippen LogP contribution in [0.25, 0.3) is 0 Å². The molecule has 34 heavy (non-hydrogen) atoms. The van der Waals surface area contributed by atoms with Gasteiger partial charge in [0.2, 0.25) is 5.96 Å². The molecule has 4 aliphatic rings. The van der Waals surface area contributed by atoms with Crippen molar-refractivity contribution in [1.29, 1.82) is 0 Å². The van der Waals surface area contributed by atoms with E-state index in [-0.39, 0.29) is 11.2 Å². The second-order valence-corrected chi connectivity index (χ2v) is 10.9. The van der Waals surface area contributed by atoms with E-state index in [9.17, 15) is 4.79 Å². The van der Waals surface area contributed by atoms with Crippen LogP contribution in [0.15, 0.2) is 56.8 Å². The van der Waals surface area contributed by atoms with Crippen molar-refractivity contribution >= 4 is 35.2 Å². The highest BCUT2D eigenvalue weighted by Gasteiger charge is 2.45. The van der Waals surface area contributed by atoms with Crippen molar-refractivity contribution in [3.05, 3.63) is 58.1 Å². The van der Waals surface area contributed by atoms with Gasteiger partial charge in [0.1, 0.15) is 5.78 Å². The predicted molar refractivity (Wildman–Crippen MR) is 137 cm³/mol. The SMILES string of the molecule is Cc1ncc(C2CCN(C)CC2(C)C)cc1NC1=NC=C2CC(=O)CC3=CC(Cl)=CC=NC23N1. The first-order valence-corrected chi connectivity index (χ1v) is 12.2. The molecule has 0 aromatic carbocycles. The first-order valence-electron chi connectivity index (χ1n) is 11.8. The Bertz CT molecular complexity index is 1190. The molecule has 1 saturated carbocycles. The highest BCUT2D eigenvalue weighted by atomic mass is 35.5. The Balaban J connectivity index is 1.45. The molecule has 178 valence electrons. The van der Waals surface area contributed by atoms with Gasteiger partial charge in [-0.25, -0.2) is 4.99 Å². The average Bonchev–Trinajstić information content (AvgIpc) is 2.91. The van der Waals surface area contributed by atoms with E-state index < -0.39 is 5.66 Å². The summed E-state index contributed by atoms with van der Waals surface area (Å²) >= 11 is 6.30. The maximum absolute atomic E-state index is 12.4. The van der Waals surface area contributed by atoms with Crippen molar-refractivity contribution < 1.29 is 4.79 Å². The topological polar surface area (TPSA) is 82.0 Å². The summed E-state index contributed by atoms with van der Waals surface area (Å²) in [5, 5.41) is 7.48. The van der Waals surface area contributed by atoms with Gasteiger partial charge in [-0.1, -0.05) is 25.4 Å². The molecule has 5 rings (SSSR count). The smallest absolute Gasteiger partial charge is 0.202 e. The average molecular weight is 479 g/mol. The predicted octanol–water partition coefficient (Wildman–Crippen LogP) is 4.28. The normalized spacial score (nSPS) is 28.4. The molecule has 8 heteroatoms. The third-order valence-corrected chi connectivity index (χ3v) is 7.59. The number of hydrogen-bond acceptors (Lipinski definition) is 7. The Hall–Kier alpha value is -2.77. The number of aryl methyl sites for hydroxylation is 1. The summed E-state index contributed by atoms with van der Waals surface area (Å²) in [5.74, 6) is 1.14. The Labute approximate surface area is 205 Å². The third-order valence-electron chi connectivity index (χ3n) is 7.35. The Morgan fingerprint density at radius 1 is 1.26 bits per heavy atom. The number of aliphatic imine (C=N–C) groups is 2. The summed E-state index contributed by atoms with van der Waals surface area (Å²) in [4.78, 5) is 28.9. The fourth-order valence-corrected chi connectivity index (χ4v) is 5.87. The number of ketones is 1. The minimum atomic E-state index is -0.847. The van der Waals surface area contributed by atoms with Crippen molar-refractivity contribution in [2.24, 2.45) is 15.4 Å². The molecule has 1 aromatic rings. The standard InChI is InChI=1S/C26H31ClN6O/c1-16-23(9-17(13-28-16)22-6-8-33(4)15-25(22,2)3)31-24-29-14-19-12-21(34)11-18-10-20(27)5-7-30-26(18,19)32-24/h5,7,9-10,13-14,22H,6,8,11-12,15H2,1-4H3,(H2,29,31,32). The van der Waals surface area contributed by atoms with E-state index in [1.54, 1.807) is 18.5 Å². The lowest BCUT2D eigenvalue weighted by Crippen LogP contribution is -2.56. The second kappa shape index (κ2) is 8.47. The number of rotatable bonds is 2. The van der Waals surface area contributed by atoms with Gasteiger partial charge in [0.05, 0.1) is 11.4 Å². The van der Waals surface area contributed by atoms with Gasteiger partial charge in [-0.2, -0.15) is 0 Å². The van der Waals surface area contributed by atoms with Gasteiger partial charge in [0.25, 0.3) is 0 Å². The highest BCUT2D eigenvalue weighted by Crippen LogP contribution is 2.43. The Morgan fingerprint density at radius 3 is 2.85 bits per heavy atom. The van der Waals surface area contributed by atoms with Crippen LogP contribution in [0, 0.1) is 12.3 Å². The zero-order chi connectivity index (χ0) is 24.1. The van der Waals surface area contributed by atoms with Gasteiger partial charge >= 0.3 is 0 Å². The number of pyridine rings is 1. The number of anilines is 1. The summed E-state index contributed by atoms with van der Waals surface area (Å²) in [6.07, 6.45) is 10.8. The van der Waals surface area contributed by atoms with Crippen LogP contribution in [0.2, 0.25) is 0 Å². The van der Waals surface area contributed by atoms with Crippen molar-refractivity contribution in [3.63, 3.8) is 0 Å². The molecule has 0 radical (unpaired) electrons. The van der Waals surface area contributed by atoms with Gasteiger partial charge in [0.15, 0.2) is 5.66 Å². The fraction of sp³-hybridized carbons (Fsp3) is 0.462. The number of halogens is 1. The molecule has 1 aromatic heterocycles. The summed E-state index contributed by atoms with van der Waals surface area (Å²) in [5.41, 5.74) is 4.02. The van der Waals surface area contributed by atoms with Gasteiger partial charge in [-0.3, -0.25) is 14.8 Å². The minimum Gasteiger partial charge on any atom is -0.324 e. The number of aromatic nitrogens is 1. The minimum absolute atomic E-state index is 0.136. The van der Waals surface area contributed by atoms with Crippen molar-refractivity contribution in [3.8, 4) is 0 Å². The number of hydrogen-bond donors (Lipinski definition) is 2. The largest absolute Gasteiger partial charge is 0.324 e. The Kier molecular flexibility index (Phi) is 5.73. The maximum atomic E-state index is 12.4. The molecule has 7 nitrogen and oxygen atoms in total. The first-order chi connectivity index (χ1) is 16.2.